The molecular weight excluding hydrogens is 348 g/mol. The first-order valence-electron chi connectivity index (χ1n) is 6.46. The largest absolute Gasteiger partial charge is 0.216 e. The van der Waals surface area contributed by atoms with Crippen LogP contribution in [0.1, 0.15) is 24.1 Å². The van der Waals surface area contributed by atoms with Gasteiger partial charge in [0.2, 0.25) is 10.0 Å². The third kappa shape index (κ3) is 4.68. The molecule has 22 heavy (non-hydrogen) atoms. The van der Waals surface area contributed by atoms with Gasteiger partial charge < -0.3 is 0 Å². The molecule has 2 rings (SSSR count). The summed E-state index contributed by atoms with van der Waals surface area (Å²) in [6.45, 7) is 1.69. The van der Waals surface area contributed by atoms with Gasteiger partial charge >= 0.3 is 0 Å². The van der Waals surface area contributed by atoms with Gasteiger partial charge in [0, 0.05) is 6.04 Å². The molecule has 0 fully saturated rings. The molecule has 0 aliphatic carbocycles. The molecule has 118 valence electrons. The van der Waals surface area contributed by atoms with E-state index in [1.165, 1.54) is 18.2 Å². The van der Waals surface area contributed by atoms with Crippen molar-refractivity contribution in [3.63, 3.8) is 0 Å². The van der Waals surface area contributed by atoms with E-state index in [9.17, 15) is 12.8 Å². The Kier molecular flexibility index (Phi) is 5.45. The molecule has 0 aromatic heterocycles. The summed E-state index contributed by atoms with van der Waals surface area (Å²) in [5, 5.41) is 0.677. The molecule has 0 amide bonds. The Morgan fingerprint density at radius 2 is 1.73 bits per heavy atom. The van der Waals surface area contributed by atoms with Crippen LogP contribution in [0.15, 0.2) is 42.5 Å². The van der Waals surface area contributed by atoms with Gasteiger partial charge in [-0.25, -0.2) is 17.5 Å². The van der Waals surface area contributed by atoms with Crippen molar-refractivity contribution in [2.24, 2.45) is 0 Å². The van der Waals surface area contributed by atoms with Gasteiger partial charge in [-0.2, -0.15) is 0 Å². The third-order valence-corrected chi connectivity index (χ3v) is 5.23. The van der Waals surface area contributed by atoms with E-state index in [0.717, 1.165) is 0 Å². The Morgan fingerprint density at radius 3 is 2.32 bits per heavy atom. The quantitative estimate of drug-likeness (QED) is 0.861. The zero-order valence-electron chi connectivity index (χ0n) is 11.7. The summed E-state index contributed by atoms with van der Waals surface area (Å²) in [5.74, 6) is -0.579. The SMILES string of the molecule is C[C@@H](NS(=O)(=O)Cc1ccc(Cl)c(Cl)c1)c1ccc(F)cc1. The lowest BCUT2D eigenvalue weighted by Crippen LogP contribution is -2.28. The van der Waals surface area contributed by atoms with Gasteiger partial charge in [-0.3, -0.25) is 0 Å². The minimum Gasteiger partial charge on any atom is -0.212 e. The minimum atomic E-state index is -3.57. The Balaban J connectivity index is 2.10. The van der Waals surface area contributed by atoms with Crippen molar-refractivity contribution < 1.29 is 12.8 Å². The van der Waals surface area contributed by atoms with E-state index in [1.54, 1.807) is 31.2 Å². The van der Waals surface area contributed by atoms with Crippen molar-refractivity contribution in [1.29, 1.82) is 0 Å². The highest BCUT2D eigenvalue weighted by atomic mass is 35.5. The number of hydrogen-bond acceptors (Lipinski definition) is 2. The van der Waals surface area contributed by atoms with Crippen LogP contribution in [0.25, 0.3) is 0 Å². The van der Waals surface area contributed by atoms with Crippen LogP contribution in [0.2, 0.25) is 10.0 Å². The zero-order valence-corrected chi connectivity index (χ0v) is 14.0. The molecular formula is C15H14Cl2FNO2S. The Bertz CT molecular complexity index is 764. The number of nitrogens with one attached hydrogen (secondary N) is 1. The first-order valence-corrected chi connectivity index (χ1v) is 8.87. The molecule has 2 aromatic carbocycles. The first kappa shape index (κ1) is 17.2. The molecule has 3 nitrogen and oxygen atoms in total. The van der Waals surface area contributed by atoms with E-state index in [2.05, 4.69) is 4.72 Å². The Labute approximate surface area is 139 Å². The van der Waals surface area contributed by atoms with Gasteiger partial charge in [-0.05, 0) is 42.3 Å². The van der Waals surface area contributed by atoms with Crippen LogP contribution in [0.4, 0.5) is 4.39 Å². The average molecular weight is 362 g/mol. The summed E-state index contributed by atoms with van der Waals surface area (Å²) in [7, 11) is -3.57. The Morgan fingerprint density at radius 1 is 1.09 bits per heavy atom. The summed E-state index contributed by atoms with van der Waals surface area (Å²) in [6, 6.07) is 9.88. The van der Waals surface area contributed by atoms with Crippen LogP contribution in [-0.4, -0.2) is 8.42 Å². The number of sulfonamides is 1. The van der Waals surface area contributed by atoms with Crippen molar-refractivity contribution in [3.05, 3.63) is 69.5 Å². The fraction of sp³-hybridized carbons (Fsp3) is 0.200. The molecule has 0 radical (unpaired) electrons. The van der Waals surface area contributed by atoms with E-state index < -0.39 is 16.1 Å². The average Bonchev–Trinajstić information content (AvgIpc) is 2.42. The molecule has 0 saturated carbocycles. The molecule has 2 aromatic rings. The van der Waals surface area contributed by atoms with Crippen LogP contribution in [0.3, 0.4) is 0 Å². The molecule has 0 unspecified atom stereocenters. The number of benzene rings is 2. The first-order chi connectivity index (χ1) is 10.3. The second-order valence-electron chi connectivity index (χ2n) is 4.90. The van der Waals surface area contributed by atoms with E-state index in [1.807, 2.05) is 0 Å². The van der Waals surface area contributed by atoms with E-state index >= 15 is 0 Å². The standard InChI is InChI=1S/C15H14Cl2FNO2S/c1-10(12-3-5-13(18)6-4-12)19-22(20,21)9-11-2-7-14(16)15(17)8-11/h2-8,10,19H,9H2,1H3/t10-/m1/s1. The van der Waals surface area contributed by atoms with E-state index in [4.69, 9.17) is 23.2 Å². The molecule has 0 saturated heterocycles. The third-order valence-electron chi connectivity index (χ3n) is 3.07. The summed E-state index contributed by atoms with van der Waals surface area (Å²) in [4.78, 5) is 0. The van der Waals surface area contributed by atoms with Gasteiger partial charge in [-0.1, -0.05) is 41.4 Å². The van der Waals surface area contributed by atoms with E-state index in [-0.39, 0.29) is 11.6 Å². The summed E-state index contributed by atoms with van der Waals surface area (Å²) in [5.41, 5.74) is 1.22. The highest BCUT2D eigenvalue weighted by molar-refractivity contribution is 7.88. The van der Waals surface area contributed by atoms with Crippen LogP contribution in [0, 0.1) is 5.82 Å². The van der Waals surface area contributed by atoms with Gasteiger partial charge in [0.25, 0.3) is 0 Å². The lowest BCUT2D eigenvalue weighted by atomic mass is 10.1. The maximum absolute atomic E-state index is 12.9. The summed E-state index contributed by atoms with van der Waals surface area (Å²) >= 11 is 11.7. The summed E-state index contributed by atoms with van der Waals surface area (Å²) in [6.07, 6.45) is 0. The van der Waals surface area contributed by atoms with Crippen molar-refractivity contribution in [2.75, 3.05) is 0 Å². The van der Waals surface area contributed by atoms with Crippen LogP contribution >= 0.6 is 23.2 Å². The maximum atomic E-state index is 12.9. The number of halogens is 3. The van der Waals surface area contributed by atoms with Crippen molar-refractivity contribution in [1.82, 2.24) is 4.72 Å². The van der Waals surface area contributed by atoms with Gasteiger partial charge in [0.05, 0.1) is 15.8 Å². The number of rotatable bonds is 5. The summed E-state index contributed by atoms with van der Waals surface area (Å²) < 4.78 is 39.8. The van der Waals surface area contributed by atoms with Crippen molar-refractivity contribution >= 4 is 33.2 Å². The molecule has 0 heterocycles. The normalized spacial score (nSPS) is 13.1. The Hall–Kier alpha value is -1.14. The zero-order chi connectivity index (χ0) is 16.3. The topological polar surface area (TPSA) is 46.2 Å². The lowest BCUT2D eigenvalue weighted by molar-refractivity contribution is 0.565. The van der Waals surface area contributed by atoms with Crippen LogP contribution < -0.4 is 4.72 Å². The monoisotopic (exact) mass is 361 g/mol. The molecule has 0 aliphatic heterocycles. The predicted molar refractivity (Wildman–Crippen MR) is 87.0 cm³/mol. The lowest BCUT2D eigenvalue weighted by Gasteiger charge is -2.15. The van der Waals surface area contributed by atoms with E-state index in [0.29, 0.717) is 21.2 Å². The fourth-order valence-corrected chi connectivity index (χ4v) is 3.68. The molecule has 1 N–H and O–H groups in total. The van der Waals surface area contributed by atoms with Crippen molar-refractivity contribution in [3.8, 4) is 0 Å². The molecule has 7 heteroatoms. The highest BCUT2D eigenvalue weighted by Crippen LogP contribution is 2.24. The highest BCUT2D eigenvalue weighted by Gasteiger charge is 2.17. The molecule has 0 spiro atoms. The molecule has 1 atom stereocenters. The molecule has 0 aliphatic rings. The fourth-order valence-electron chi connectivity index (χ4n) is 1.98. The van der Waals surface area contributed by atoms with Crippen LogP contribution in [-0.2, 0) is 15.8 Å². The predicted octanol–water partition coefficient (Wildman–Crippen LogP) is 4.31. The number of hydrogen-bond donors (Lipinski definition) is 1. The maximum Gasteiger partial charge on any atom is 0.216 e. The minimum absolute atomic E-state index is 0.213. The smallest absolute Gasteiger partial charge is 0.212 e. The van der Waals surface area contributed by atoms with Gasteiger partial charge in [-0.15, -0.1) is 0 Å². The van der Waals surface area contributed by atoms with Crippen molar-refractivity contribution in [2.45, 2.75) is 18.7 Å². The molecule has 0 bridgehead atoms. The van der Waals surface area contributed by atoms with Gasteiger partial charge in [0.15, 0.2) is 0 Å². The van der Waals surface area contributed by atoms with Crippen LogP contribution in [0.5, 0.6) is 0 Å². The van der Waals surface area contributed by atoms with Gasteiger partial charge in [0.1, 0.15) is 5.82 Å². The second-order valence-corrected chi connectivity index (χ2v) is 7.47. The second kappa shape index (κ2) is 6.96.